The minimum absolute atomic E-state index is 0.0769. The summed E-state index contributed by atoms with van der Waals surface area (Å²) in [6.45, 7) is 4.52. The Kier molecular flexibility index (Phi) is 8.90. The Hall–Kier alpha value is -2.95. The Bertz CT molecular complexity index is 1090. The van der Waals surface area contributed by atoms with E-state index in [1.165, 1.54) is 30.2 Å². The lowest BCUT2D eigenvalue weighted by Gasteiger charge is -2.41. The number of aromatic hydroxyl groups is 1. The Morgan fingerprint density at radius 2 is 1.53 bits per heavy atom. The summed E-state index contributed by atoms with van der Waals surface area (Å²) in [5, 5.41) is 13.2. The summed E-state index contributed by atoms with van der Waals surface area (Å²) in [4.78, 5) is 15.4. The highest BCUT2D eigenvalue weighted by molar-refractivity contribution is 5.83. The fourth-order valence-electron chi connectivity index (χ4n) is 5.10. The molecule has 11 heteroatoms. The number of carbonyl (C=O) groups is 1. The minimum atomic E-state index is -5.00. The second kappa shape index (κ2) is 11.4. The van der Waals surface area contributed by atoms with Gasteiger partial charge in [0.05, 0.1) is 23.7 Å². The van der Waals surface area contributed by atoms with Gasteiger partial charge in [-0.05, 0) is 79.7 Å². The molecule has 0 aromatic heterocycles. The standard InChI is InChI=1S/C27H32F6N2O3/c1-17(2)14-25(6-8-34-9-7-25)24(37)35(15-18-4-5-22(36)23(12-18)38-3)16-19-10-20(26(28,29)30)13-21(11-19)27(31,32)33/h4-5,10-13,17,34,36H,6-9,14-16H2,1-3H3. The van der Waals surface area contributed by atoms with E-state index in [9.17, 15) is 36.2 Å². The molecule has 5 nitrogen and oxygen atoms in total. The Labute approximate surface area is 217 Å². The molecule has 2 N–H and O–H groups in total. The molecule has 1 saturated heterocycles. The number of hydrogen-bond donors (Lipinski definition) is 2. The van der Waals surface area contributed by atoms with Gasteiger partial charge in [-0.15, -0.1) is 0 Å². The first-order chi connectivity index (χ1) is 17.6. The maximum Gasteiger partial charge on any atom is 0.416 e. The monoisotopic (exact) mass is 546 g/mol. The zero-order valence-electron chi connectivity index (χ0n) is 21.5. The molecule has 1 fully saturated rings. The zero-order valence-corrected chi connectivity index (χ0v) is 21.5. The molecule has 0 spiro atoms. The molecule has 1 heterocycles. The van der Waals surface area contributed by atoms with Gasteiger partial charge in [-0.3, -0.25) is 4.79 Å². The second-order valence-electron chi connectivity index (χ2n) is 10.2. The van der Waals surface area contributed by atoms with Crippen LogP contribution in [0.15, 0.2) is 36.4 Å². The number of alkyl halides is 6. The topological polar surface area (TPSA) is 61.8 Å². The van der Waals surface area contributed by atoms with E-state index in [-0.39, 0.29) is 41.5 Å². The third kappa shape index (κ3) is 7.12. The van der Waals surface area contributed by atoms with Gasteiger partial charge in [-0.1, -0.05) is 19.9 Å². The molecule has 1 aliphatic rings. The van der Waals surface area contributed by atoms with E-state index >= 15 is 0 Å². The summed E-state index contributed by atoms with van der Waals surface area (Å²) in [5.41, 5.74) is -3.45. The Balaban J connectivity index is 2.09. The van der Waals surface area contributed by atoms with Crippen molar-refractivity contribution < 1.29 is 41.0 Å². The number of methoxy groups -OCH3 is 1. The van der Waals surface area contributed by atoms with Gasteiger partial charge >= 0.3 is 12.4 Å². The van der Waals surface area contributed by atoms with E-state index in [2.05, 4.69) is 5.32 Å². The fraction of sp³-hybridized carbons (Fsp3) is 0.519. The van der Waals surface area contributed by atoms with Crippen LogP contribution >= 0.6 is 0 Å². The van der Waals surface area contributed by atoms with E-state index in [0.717, 1.165) is 0 Å². The summed E-state index contributed by atoms with van der Waals surface area (Å²) >= 11 is 0. The van der Waals surface area contributed by atoms with E-state index in [0.29, 0.717) is 50.0 Å². The number of amides is 1. The van der Waals surface area contributed by atoms with E-state index < -0.39 is 35.4 Å². The van der Waals surface area contributed by atoms with Crippen LogP contribution in [0.2, 0.25) is 0 Å². The minimum Gasteiger partial charge on any atom is -0.504 e. The number of ether oxygens (including phenoxy) is 1. The van der Waals surface area contributed by atoms with Crippen molar-refractivity contribution in [2.24, 2.45) is 11.3 Å². The molecule has 0 unspecified atom stereocenters. The largest absolute Gasteiger partial charge is 0.504 e. The SMILES string of the molecule is COc1cc(CN(Cc2cc(C(F)(F)F)cc(C(F)(F)F)c2)C(=O)C2(CC(C)C)CCNCC2)ccc1O. The lowest BCUT2D eigenvalue weighted by molar-refractivity contribution is -0.146. The van der Waals surface area contributed by atoms with Gasteiger partial charge in [0.1, 0.15) is 0 Å². The van der Waals surface area contributed by atoms with Gasteiger partial charge in [-0.2, -0.15) is 26.3 Å². The lowest BCUT2D eigenvalue weighted by atomic mass is 9.72. The maximum atomic E-state index is 14.1. The van der Waals surface area contributed by atoms with Crippen LogP contribution < -0.4 is 10.1 Å². The average Bonchev–Trinajstić information content (AvgIpc) is 2.83. The molecule has 0 saturated carbocycles. The third-order valence-electron chi connectivity index (χ3n) is 6.74. The van der Waals surface area contributed by atoms with E-state index in [1.54, 1.807) is 0 Å². The van der Waals surface area contributed by atoms with Crippen molar-refractivity contribution in [3.8, 4) is 11.5 Å². The van der Waals surface area contributed by atoms with Crippen molar-refractivity contribution in [1.29, 1.82) is 0 Å². The summed E-state index contributed by atoms with van der Waals surface area (Å²) < 4.78 is 86.1. The van der Waals surface area contributed by atoms with Crippen LogP contribution in [0.3, 0.4) is 0 Å². The average molecular weight is 547 g/mol. The van der Waals surface area contributed by atoms with Crippen molar-refractivity contribution in [3.05, 3.63) is 58.7 Å². The molecular weight excluding hydrogens is 514 g/mol. The number of nitrogens with zero attached hydrogens (tertiary/aromatic N) is 1. The number of rotatable bonds is 8. The van der Waals surface area contributed by atoms with Crippen LogP contribution in [0.25, 0.3) is 0 Å². The zero-order chi connectivity index (χ0) is 28.3. The van der Waals surface area contributed by atoms with Crippen LogP contribution in [-0.2, 0) is 30.2 Å². The van der Waals surface area contributed by atoms with Crippen molar-refractivity contribution in [1.82, 2.24) is 10.2 Å². The highest BCUT2D eigenvalue weighted by Crippen LogP contribution is 2.40. The van der Waals surface area contributed by atoms with Crippen LogP contribution in [0, 0.1) is 11.3 Å². The van der Waals surface area contributed by atoms with Crippen molar-refractivity contribution in [3.63, 3.8) is 0 Å². The van der Waals surface area contributed by atoms with Crippen molar-refractivity contribution in [2.75, 3.05) is 20.2 Å². The number of phenols is 1. The normalized spacial score (nSPS) is 15.9. The van der Waals surface area contributed by atoms with Gasteiger partial charge in [0, 0.05) is 13.1 Å². The maximum absolute atomic E-state index is 14.1. The lowest BCUT2D eigenvalue weighted by Crippen LogP contribution is -2.49. The van der Waals surface area contributed by atoms with Crippen molar-refractivity contribution in [2.45, 2.75) is 58.6 Å². The first-order valence-electron chi connectivity index (χ1n) is 12.3. The molecule has 1 amide bonds. The molecule has 210 valence electrons. The summed E-state index contributed by atoms with van der Waals surface area (Å²) in [5.74, 6) is -0.202. The van der Waals surface area contributed by atoms with E-state index in [1.807, 2.05) is 13.8 Å². The van der Waals surface area contributed by atoms with Crippen LogP contribution in [-0.4, -0.2) is 36.1 Å². The first-order valence-corrected chi connectivity index (χ1v) is 12.3. The highest BCUT2D eigenvalue weighted by atomic mass is 19.4. The molecule has 2 aromatic carbocycles. The predicted molar refractivity (Wildman–Crippen MR) is 129 cm³/mol. The molecule has 0 aliphatic carbocycles. The summed E-state index contributed by atoms with van der Waals surface area (Å²) in [6.07, 6.45) is -8.48. The molecule has 1 aliphatic heterocycles. The summed E-state index contributed by atoms with van der Waals surface area (Å²) in [6, 6.07) is 5.77. The Morgan fingerprint density at radius 3 is 2.03 bits per heavy atom. The van der Waals surface area contributed by atoms with Gasteiger partial charge in [0.15, 0.2) is 11.5 Å². The summed E-state index contributed by atoms with van der Waals surface area (Å²) in [7, 11) is 1.34. The molecule has 0 bridgehead atoms. The van der Waals surface area contributed by atoms with Gasteiger partial charge in [0.2, 0.25) is 5.91 Å². The van der Waals surface area contributed by atoms with Crippen molar-refractivity contribution >= 4 is 5.91 Å². The molecule has 0 atom stereocenters. The van der Waals surface area contributed by atoms with Gasteiger partial charge in [-0.25, -0.2) is 0 Å². The number of carbonyl (C=O) groups excluding carboxylic acids is 1. The quantitative estimate of drug-likeness (QED) is 0.377. The number of halogens is 6. The van der Waals surface area contributed by atoms with Crippen LogP contribution in [0.1, 0.15) is 55.4 Å². The second-order valence-corrected chi connectivity index (χ2v) is 10.2. The number of nitrogens with one attached hydrogen (secondary N) is 1. The number of piperidine rings is 1. The van der Waals surface area contributed by atoms with E-state index in [4.69, 9.17) is 4.74 Å². The smallest absolute Gasteiger partial charge is 0.416 e. The molecular formula is C27H32F6N2O3. The predicted octanol–water partition coefficient (Wildman–Crippen LogP) is 6.38. The number of phenolic OH excluding ortho intramolecular Hbond substituents is 1. The number of hydrogen-bond acceptors (Lipinski definition) is 4. The molecule has 0 radical (unpaired) electrons. The highest BCUT2D eigenvalue weighted by Gasteiger charge is 2.43. The first kappa shape index (κ1) is 29.6. The molecule has 3 rings (SSSR count). The fourth-order valence-corrected chi connectivity index (χ4v) is 5.10. The molecule has 38 heavy (non-hydrogen) atoms. The molecule has 2 aromatic rings. The number of benzene rings is 2. The van der Waals surface area contributed by atoms with Gasteiger partial charge in [0.25, 0.3) is 0 Å². The third-order valence-corrected chi connectivity index (χ3v) is 6.74. The van der Waals surface area contributed by atoms with Crippen LogP contribution in [0.5, 0.6) is 11.5 Å². The van der Waals surface area contributed by atoms with Crippen LogP contribution in [0.4, 0.5) is 26.3 Å². The van der Waals surface area contributed by atoms with Gasteiger partial charge < -0.3 is 20.1 Å². The Morgan fingerprint density at radius 1 is 0.974 bits per heavy atom.